The van der Waals surface area contributed by atoms with Crippen LogP contribution in [0.2, 0.25) is 5.02 Å². The number of nitrogens with zero attached hydrogens (tertiary/aromatic N) is 1. The molecule has 6 nitrogen and oxygen atoms in total. The van der Waals surface area contributed by atoms with Crippen molar-refractivity contribution in [3.05, 3.63) is 76.6 Å². The van der Waals surface area contributed by atoms with Crippen LogP contribution in [0.3, 0.4) is 0 Å². The number of benzene rings is 2. The molecule has 0 unspecified atom stereocenters. The summed E-state index contributed by atoms with van der Waals surface area (Å²) in [4.78, 5) is 26.2. The number of amides is 2. The monoisotopic (exact) mass is 460 g/mol. The highest BCUT2D eigenvalue weighted by atomic mass is 35.5. The van der Waals surface area contributed by atoms with Gasteiger partial charge in [0.2, 0.25) is 0 Å². The predicted octanol–water partition coefficient (Wildman–Crippen LogP) is 3.88. The van der Waals surface area contributed by atoms with Crippen LogP contribution in [0.5, 0.6) is 11.5 Å². The second kappa shape index (κ2) is 9.72. The van der Waals surface area contributed by atoms with Crippen LogP contribution in [0.1, 0.15) is 11.1 Å². The van der Waals surface area contributed by atoms with Crippen LogP contribution in [-0.2, 0) is 16.2 Å². The number of carbonyl (C=O) groups excluding carboxylic acids is 2. The van der Waals surface area contributed by atoms with Gasteiger partial charge in [-0.25, -0.2) is 4.39 Å². The van der Waals surface area contributed by atoms with Gasteiger partial charge in [0.05, 0.1) is 12.1 Å². The fraction of sp³-hybridized carbons (Fsp3) is 0.136. The first-order valence-corrected chi connectivity index (χ1v) is 9.87. The number of halogens is 2. The Labute approximate surface area is 188 Å². The molecule has 31 heavy (non-hydrogen) atoms. The van der Waals surface area contributed by atoms with Crippen molar-refractivity contribution in [2.75, 3.05) is 13.7 Å². The molecule has 1 aliphatic heterocycles. The maximum atomic E-state index is 13.8. The van der Waals surface area contributed by atoms with Crippen LogP contribution < -0.4 is 14.8 Å². The van der Waals surface area contributed by atoms with E-state index in [1.807, 2.05) is 0 Å². The number of thiocarbonyl (C=S) groups is 1. The van der Waals surface area contributed by atoms with E-state index in [4.69, 9.17) is 33.3 Å². The lowest BCUT2D eigenvalue weighted by atomic mass is 10.1. The van der Waals surface area contributed by atoms with Gasteiger partial charge < -0.3 is 9.47 Å². The van der Waals surface area contributed by atoms with E-state index in [0.29, 0.717) is 11.1 Å². The van der Waals surface area contributed by atoms with Crippen molar-refractivity contribution in [2.24, 2.45) is 0 Å². The number of hydrogen-bond acceptors (Lipinski definition) is 5. The fourth-order valence-electron chi connectivity index (χ4n) is 2.88. The molecule has 0 aliphatic carbocycles. The third-order valence-corrected chi connectivity index (χ3v) is 4.99. The van der Waals surface area contributed by atoms with Crippen LogP contribution in [0.4, 0.5) is 4.39 Å². The zero-order valence-corrected chi connectivity index (χ0v) is 18.1. The summed E-state index contributed by atoms with van der Waals surface area (Å²) in [6, 6.07) is 9.28. The average Bonchev–Trinajstić information content (AvgIpc) is 2.74. The largest absolute Gasteiger partial charge is 0.493 e. The number of carbonyl (C=O) groups is 2. The molecule has 1 aliphatic rings. The summed E-state index contributed by atoms with van der Waals surface area (Å²) in [6.07, 6.45) is 2.88. The number of methoxy groups -OCH3 is 1. The van der Waals surface area contributed by atoms with Crippen molar-refractivity contribution in [1.82, 2.24) is 10.2 Å². The molecule has 0 saturated carbocycles. The highest BCUT2D eigenvalue weighted by Gasteiger charge is 2.32. The zero-order valence-electron chi connectivity index (χ0n) is 16.5. The maximum absolute atomic E-state index is 13.8. The van der Waals surface area contributed by atoms with Crippen LogP contribution in [0.15, 0.2) is 54.6 Å². The van der Waals surface area contributed by atoms with Gasteiger partial charge in [-0.2, -0.15) is 0 Å². The van der Waals surface area contributed by atoms with Crippen LogP contribution in [-0.4, -0.2) is 35.5 Å². The minimum absolute atomic E-state index is 0.0135. The molecular weight excluding hydrogens is 443 g/mol. The lowest BCUT2D eigenvalue weighted by Crippen LogP contribution is -2.53. The molecule has 160 valence electrons. The molecule has 0 atom stereocenters. The number of rotatable bonds is 7. The Balaban J connectivity index is 1.91. The molecule has 1 heterocycles. The summed E-state index contributed by atoms with van der Waals surface area (Å²) < 4.78 is 24.9. The van der Waals surface area contributed by atoms with Crippen LogP contribution in [0, 0.1) is 5.82 Å². The minimum Gasteiger partial charge on any atom is -0.493 e. The summed E-state index contributed by atoms with van der Waals surface area (Å²) in [5.41, 5.74) is 0.674. The molecule has 0 bridgehead atoms. The minimum atomic E-state index is -0.620. The summed E-state index contributed by atoms with van der Waals surface area (Å²) in [5.74, 6) is -1.10. The van der Waals surface area contributed by atoms with Crippen molar-refractivity contribution >= 4 is 46.8 Å². The molecule has 0 spiro atoms. The quantitative estimate of drug-likeness (QED) is 0.294. The fourth-order valence-corrected chi connectivity index (χ4v) is 3.41. The Kier molecular flexibility index (Phi) is 7.04. The highest BCUT2D eigenvalue weighted by Crippen LogP contribution is 2.37. The van der Waals surface area contributed by atoms with E-state index < -0.39 is 17.6 Å². The van der Waals surface area contributed by atoms with Crippen LogP contribution in [0.25, 0.3) is 6.08 Å². The standard InChI is InChI=1S/C22H18ClFN2O4S/c1-3-8-26-21(28)15(20(27)25-22(26)31)9-13-10-16(23)19(18(11-13)29-2)30-12-14-6-4-5-7-17(14)24/h3-7,9-11H,1,8,12H2,2H3,(H,25,27,31)/b15-9+. The van der Waals surface area contributed by atoms with Gasteiger partial charge in [0, 0.05) is 12.1 Å². The second-order valence-corrected chi connectivity index (χ2v) is 7.23. The Morgan fingerprint density at radius 2 is 2.03 bits per heavy atom. The molecule has 2 amide bonds. The van der Waals surface area contributed by atoms with E-state index in [0.717, 1.165) is 0 Å². The third kappa shape index (κ3) is 4.92. The van der Waals surface area contributed by atoms with E-state index in [2.05, 4.69) is 11.9 Å². The Bertz CT molecular complexity index is 1100. The molecule has 2 aromatic rings. The SMILES string of the molecule is C=CCN1C(=O)/C(=C/c2cc(Cl)c(OCc3ccccc3F)c(OC)c2)C(=O)NC1=S. The highest BCUT2D eigenvalue weighted by molar-refractivity contribution is 7.80. The van der Waals surface area contributed by atoms with E-state index in [1.54, 1.807) is 24.3 Å². The van der Waals surface area contributed by atoms with Crippen molar-refractivity contribution in [1.29, 1.82) is 0 Å². The third-order valence-electron chi connectivity index (χ3n) is 4.39. The molecule has 1 N–H and O–H groups in total. The van der Waals surface area contributed by atoms with Gasteiger partial charge in [-0.15, -0.1) is 6.58 Å². The van der Waals surface area contributed by atoms with Gasteiger partial charge in [0.1, 0.15) is 18.0 Å². The van der Waals surface area contributed by atoms with E-state index in [9.17, 15) is 14.0 Å². The summed E-state index contributed by atoms with van der Waals surface area (Å²) in [5, 5.41) is 2.65. The molecule has 0 radical (unpaired) electrons. The molecule has 3 rings (SSSR count). The van der Waals surface area contributed by atoms with Crippen molar-refractivity contribution < 1.29 is 23.5 Å². The molecule has 2 aromatic carbocycles. The molecule has 1 saturated heterocycles. The van der Waals surface area contributed by atoms with Crippen molar-refractivity contribution in [2.45, 2.75) is 6.61 Å². The molecule has 0 aromatic heterocycles. The second-order valence-electron chi connectivity index (χ2n) is 6.44. The Morgan fingerprint density at radius 1 is 1.29 bits per heavy atom. The Morgan fingerprint density at radius 3 is 2.71 bits per heavy atom. The topological polar surface area (TPSA) is 67.9 Å². The first-order chi connectivity index (χ1) is 14.8. The van der Waals surface area contributed by atoms with Gasteiger partial charge in [-0.05, 0) is 42.1 Å². The van der Waals surface area contributed by atoms with Crippen LogP contribution >= 0.6 is 23.8 Å². The number of nitrogens with one attached hydrogen (secondary N) is 1. The summed E-state index contributed by atoms with van der Waals surface area (Å²) in [6.45, 7) is 3.68. The molecule has 9 heteroatoms. The smallest absolute Gasteiger partial charge is 0.265 e. The number of ether oxygens (including phenoxy) is 2. The predicted molar refractivity (Wildman–Crippen MR) is 119 cm³/mol. The Hall–Kier alpha value is -3.23. The lowest BCUT2D eigenvalue weighted by molar-refractivity contribution is -0.128. The lowest BCUT2D eigenvalue weighted by Gasteiger charge is -2.27. The maximum Gasteiger partial charge on any atom is 0.265 e. The normalized spacial score (nSPS) is 15.1. The van der Waals surface area contributed by atoms with Gasteiger partial charge >= 0.3 is 0 Å². The number of hydrogen-bond donors (Lipinski definition) is 1. The van der Waals surface area contributed by atoms with Gasteiger partial charge in [-0.3, -0.25) is 19.8 Å². The van der Waals surface area contributed by atoms with Gasteiger partial charge in [0.15, 0.2) is 16.6 Å². The zero-order chi connectivity index (χ0) is 22.5. The van der Waals surface area contributed by atoms with E-state index in [-0.39, 0.29) is 40.4 Å². The first kappa shape index (κ1) is 22.5. The van der Waals surface area contributed by atoms with Crippen molar-refractivity contribution in [3.8, 4) is 11.5 Å². The van der Waals surface area contributed by atoms with E-state index >= 15 is 0 Å². The van der Waals surface area contributed by atoms with E-state index in [1.165, 1.54) is 36.3 Å². The molecular formula is C22H18ClFN2O4S. The average molecular weight is 461 g/mol. The summed E-state index contributed by atoms with van der Waals surface area (Å²) >= 11 is 11.4. The van der Waals surface area contributed by atoms with Gasteiger partial charge in [0.25, 0.3) is 11.8 Å². The summed E-state index contributed by atoms with van der Waals surface area (Å²) in [7, 11) is 1.42. The van der Waals surface area contributed by atoms with Gasteiger partial charge in [-0.1, -0.05) is 35.9 Å². The first-order valence-electron chi connectivity index (χ1n) is 9.09. The van der Waals surface area contributed by atoms with Crippen molar-refractivity contribution in [3.63, 3.8) is 0 Å². The molecule has 1 fully saturated rings.